The molecule has 78 valence electrons. The number of aliphatic hydroxyl groups excluding tert-OH is 1. The van der Waals surface area contributed by atoms with Crippen LogP contribution in [0.15, 0.2) is 24.3 Å². The molecule has 14 heavy (non-hydrogen) atoms. The zero-order valence-corrected chi connectivity index (χ0v) is 9.00. The minimum Gasteiger partial charge on any atom is -0.493 e. The van der Waals surface area contributed by atoms with Gasteiger partial charge in [-0.3, -0.25) is 0 Å². The van der Waals surface area contributed by atoms with E-state index in [1.165, 1.54) is 0 Å². The number of hydrogen-bond acceptors (Lipinski definition) is 2. The van der Waals surface area contributed by atoms with Crippen LogP contribution in [-0.4, -0.2) is 17.8 Å². The molecular formula is C11H15ClO2. The molecule has 0 saturated heterocycles. The van der Waals surface area contributed by atoms with Crippen molar-refractivity contribution in [1.29, 1.82) is 0 Å². The molecule has 0 aromatic heterocycles. The van der Waals surface area contributed by atoms with Crippen LogP contribution in [-0.2, 0) is 0 Å². The number of rotatable bonds is 5. The summed E-state index contributed by atoms with van der Waals surface area (Å²) in [5.41, 5.74) is 0. The molecule has 0 fully saturated rings. The summed E-state index contributed by atoms with van der Waals surface area (Å²) in [7, 11) is 0. The Morgan fingerprint density at radius 3 is 2.57 bits per heavy atom. The van der Waals surface area contributed by atoms with Gasteiger partial charge in [0.05, 0.1) is 12.7 Å². The highest BCUT2D eigenvalue weighted by Gasteiger charge is 2.00. The molecule has 1 unspecified atom stereocenters. The van der Waals surface area contributed by atoms with E-state index in [4.69, 9.17) is 16.3 Å². The molecule has 0 saturated carbocycles. The molecule has 0 heterocycles. The van der Waals surface area contributed by atoms with Crippen molar-refractivity contribution in [1.82, 2.24) is 0 Å². The van der Waals surface area contributed by atoms with Crippen LogP contribution in [0.4, 0.5) is 0 Å². The highest BCUT2D eigenvalue weighted by Crippen LogP contribution is 2.15. The second kappa shape index (κ2) is 5.89. The monoisotopic (exact) mass is 214 g/mol. The molecule has 0 aliphatic carbocycles. The summed E-state index contributed by atoms with van der Waals surface area (Å²) in [5.74, 6) is 0.790. The zero-order chi connectivity index (χ0) is 10.4. The van der Waals surface area contributed by atoms with Crippen LogP contribution in [0.1, 0.15) is 19.8 Å². The molecule has 0 aliphatic rings. The van der Waals surface area contributed by atoms with Crippen molar-refractivity contribution >= 4 is 11.6 Å². The second-order valence-corrected chi connectivity index (χ2v) is 3.59. The number of hydrogen-bond donors (Lipinski definition) is 1. The molecule has 0 spiro atoms. The van der Waals surface area contributed by atoms with Gasteiger partial charge >= 0.3 is 0 Å². The largest absolute Gasteiger partial charge is 0.493 e. The fourth-order valence-corrected chi connectivity index (χ4v) is 1.17. The van der Waals surface area contributed by atoms with Gasteiger partial charge in [-0.25, -0.2) is 0 Å². The Kier molecular flexibility index (Phi) is 4.77. The number of aliphatic hydroxyl groups is 1. The van der Waals surface area contributed by atoms with Crippen LogP contribution in [0.5, 0.6) is 5.75 Å². The molecule has 1 atom stereocenters. The first kappa shape index (κ1) is 11.3. The molecule has 0 bridgehead atoms. The van der Waals surface area contributed by atoms with Crippen molar-refractivity contribution in [2.75, 3.05) is 6.61 Å². The van der Waals surface area contributed by atoms with E-state index in [1.54, 1.807) is 12.1 Å². The summed E-state index contributed by atoms with van der Waals surface area (Å²) in [4.78, 5) is 0. The Balaban J connectivity index is 2.28. The van der Waals surface area contributed by atoms with Crippen LogP contribution in [0.3, 0.4) is 0 Å². The zero-order valence-electron chi connectivity index (χ0n) is 8.24. The lowest BCUT2D eigenvalue weighted by molar-refractivity contribution is 0.135. The Morgan fingerprint density at radius 1 is 1.36 bits per heavy atom. The topological polar surface area (TPSA) is 29.5 Å². The minimum atomic E-state index is -0.262. The van der Waals surface area contributed by atoms with Gasteiger partial charge in [-0.15, -0.1) is 0 Å². The molecular weight excluding hydrogens is 200 g/mol. The van der Waals surface area contributed by atoms with Gasteiger partial charge in [0.25, 0.3) is 0 Å². The quantitative estimate of drug-likeness (QED) is 0.817. The second-order valence-electron chi connectivity index (χ2n) is 3.15. The maximum atomic E-state index is 9.28. The van der Waals surface area contributed by atoms with E-state index in [9.17, 15) is 5.11 Å². The van der Waals surface area contributed by atoms with E-state index in [0.29, 0.717) is 18.1 Å². The third-order valence-corrected chi connectivity index (χ3v) is 2.26. The third-order valence-electron chi connectivity index (χ3n) is 2.00. The van der Waals surface area contributed by atoms with Crippen molar-refractivity contribution in [2.24, 2.45) is 0 Å². The van der Waals surface area contributed by atoms with Crippen molar-refractivity contribution in [3.63, 3.8) is 0 Å². The first-order valence-corrected chi connectivity index (χ1v) is 5.16. The number of benzene rings is 1. The first-order chi connectivity index (χ1) is 6.72. The molecule has 3 heteroatoms. The van der Waals surface area contributed by atoms with Crippen molar-refractivity contribution in [3.05, 3.63) is 29.3 Å². The average molecular weight is 215 g/mol. The van der Waals surface area contributed by atoms with Gasteiger partial charge < -0.3 is 9.84 Å². The molecule has 0 radical (unpaired) electrons. The van der Waals surface area contributed by atoms with Gasteiger partial charge in [-0.05, 0) is 30.7 Å². The lowest BCUT2D eigenvalue weighted by Crippen LogP contribution is -2.10. The predicted molar refractivity (Wildman–Crippen MR) is 57.9 cm³/mol. The fourth-order valence-electron chi connectivity index (χ4n) is 1.05. The lowest BCUT2D eigenvalue weighted by Gasteiger charge is -2.09. The van der Waals surface area contributed by atoms with Gasteiger partial charge in [0.2, 0.25) is 0 Å². The molecule has 1 rings (SSSR count). The van der Waals surface area contributed by atoms with Gasteiger partial charge in [-0.2, -0.15) is 0 Å². The van der Waals surface area contributed by atoms with E-state index in [2.05, 4.69) is 0 Å². The summed E-state index contributed by atoms with van der Waals surface area (Å²) in [5, 5.41) is 9.98. The Labute approximate surface area is 89.5 Å². The molecule has 1 N–H and O–H groups in total. The van der Waals surface area contributed by atoms with Crippen LogP contribution in [0.2, 0.25) is 5.02 Å². The van der Waals surface area contributed by atoms with Gasteiger partial charge in [0.1, 0.15) is 5.75 Å². The van der Waals surface area contributed by atoms with Gasteiger partial charge in [-0.1, -0.05) is 18.5 Å². The maximum absolute atomic E-state index is 9.28. The van der Waals surface area contributed by atoms with E-state index in [-0.39, 0.29) is 6.10 Å². The number of halogens is 1. The lowest BCUT2D eigenvalue weighted by atomic mass is 10.2. The molecule has 1 aromatic carbocycles. The van der Waals surface area contributed by atoms with Crippen molar-refractivity contribution in [2.45, 2.75) is 25.9 Å². The Hall–Kier alpha value is -0.730. The summed E-state index contributed by atoms with van der Waals surface area (Å²) >= 11 is 5.72. The molecule has 2 nitrogen and oxygen atoms in total. The average Bonchev–Trinajstić information content (AvgIpc) is 2.21. The third kappa shape index (κ3) is 3.99. The van der Waals surface area contributed by atoms with Crippen molar-refractivity contribution < 1.29 is 9.84 Å². The summed E-state index contributed by atoms with van der Waals surface area (Å²) in [6.45, 7) is 2.49. The molecule has 1 aromatic rings. The van der Waals surface area contributed by atoms with Crippen molar-refractivity contribution in [3.8, 4) is 5.75 Å². The SMILES string of the molecule is CCC(O)CCOc1ccc(Cl)cc1. The molecule has 0 aliphatic heterocycles. The standard InChI is InChI=1S/C11H15ClO2/c1-2-10(13)7-8-14-11-5-3-9(12)4-6-11/h3-6,10,13H,2,7-8H2,1H3. The normalized spacial score (nSPS) is 12.5. The van der Waals surface area contributed by atoms with Gasteiger partial charge in [0, 0.05) is 11.4 Å². The van der Waals surface area contributed by atoms with Crippen LogP contribution in [0, 0.1) is 0 Å². The number of ether oxygens (including phenoxy) is 1. The summed E-state index contributed by atoms with van der Waals surface area (Å²) < 4.78 is 5.41. The predicted octanol–water partition coefficient (Wildman–Crippen LogP) is 2.88. The van der Waals surface area contributed by atoms with Gasteiger partial charge in [0.15, 0.2) is 0 Å². The fraction of sp³-hybridized carbons (Fsp3) is 0.455. The Bertz CT molecular complexity index is 258. The van der Waals surface area contributed by atoms with E-state index in [0.717, 1.165) is 12.2 Å². The maximum Gasteiger partial charge on any atom is 0.119 e. The van der Waals surface area contributed by atoms with E-state index >= 15 is 0 Å². The summed E-state index contributed by atoms with van der Waals surface area (Å²) in [6, 6.07) is 7.21. The minimum absolute atomic E-state index is 0.262. The van der Waals surface area contributed by atoms with Crippen LogP contribution in [0.25, 0.3) is 0 Å². The van der Waals surface area contributed by atoms with E-state index in [1.807, 2.05) is 19.1 Å². The smallest absolute Gasteiger partial charge is 0.119 e. The summed E-state index contributed by atoms with van der Waals surface area (Å²) in [6.07, 6.45) is 1.17. The first-order valence-electron chi connectivity index (χ1n) is 4.78. The van der Waals surface area contributed by atoms with Crippen LogP contribution >= 0.6 is 11.6 Å². The van der Waals surface area contributed by atoms with Crippen LogP contribution < -0.4 is 4.74 Å². The molecule has 0 amide bonds. The highest BCUT2D eigenvalue weighted by molar-refractivity contribution is 6.30. The Morgan fingerprint density at radius 2 is 2.00 bits per heavy atom. The van der Waals surface area contributed by atoms with E-state index < -0.39 is 0 Å². The highest BCUT2D eigenvalue weighted by atomic mass is 35.5.